The van der Waals surface area contributed by atoms with Crippen molar-refractivity contribution in [1.29, 1.82) is 0 Å². The van der Waals surface area contributed by atoms with E-state index in [1.54, 1.807) is 54.8 Å². The maximum absolute atomic E-state index is 15.3. The van der Waals surface area contributed by atoms with Crippen LogP contribution >= 0.6 is 0 Å². The summed E-state index contributed by atoms with van der Waals surface area (Å²) in [5, 5.41) is 7.75. The molecule has 154 valence electrons. The van der Waals surface area contributed by atoms with E-state index in [4.69, 9.17) is 5.73 Å². The molecular formula is C21H20F2N6O. The largest absolute Gasteiger partial charge is 0.382 e. The van der Waals surface area contributed by atoms with Gasteiger partial charge in [-0.15, -0.1) is 0 Å². The molecule has 7 nitrogen and oxygen atoms in total. The molecule has 5 rings (SSSR count). The summed E-state index contributed by atoms with van der Waals surface area (Å²) >= 11 is 0. The fourth-order valence-electron chi connectivity index (χ4n) is 4.11. The maximum Gasteiger partial charge on any atom is 0.189 e. The number of imidazole rings is 1. The van der Waals surface area contributed by atoms with Crippen LogP contribution in [0.2, 0.25) is 0 Å². The summed E-state index contributed by atoms with van der Waals surface area (Å²) in [6.07, 6.45) is 2.43. The number of Topliss-reactive ketones (excluding diaryl/α,β-unsaturated/α-hetero) is 1. The van der Waals surface area contributed by atoms with Gasteiger partial charge >= 0.3 is 0 Å². The average Bonchev–Trinajstić information content (AvgIpc) is 3.08. The van der Waals surface area contributed by atoms with Crippen molar-refractivity contribution in [3.63, 3.8) is 0 Å². The molecule has 9 heteroatoms. The summed E-state index contributed by atoms with van der Waals surface area (Å²) in [5.74, 6) is -1.32. The molecule has 3 aromatic heterocycles. The minimum Gasteiger partial charge on any atom is -0.382 e. The number of pyridine rings is 1. The van der Waals surface area contributed by atoms with Gasteiger partial charge in [-0.3, -0.25) is 14.3 Å². The van der Waals surface area contributed by atoms with Crippen molar-refractivity contribution in [3.05, 3.63) is 41.6 Å². The Kier molecular flexibility index (Phi) is 3.86. The van der Waals surface area contributed by atoms with Crippen LogP contribution in [0, 0.1) is 18.7 Å². The van der Waals surface area contributed by atoms with E-state index in [9.17, 15) is 9.18 Å². The van der Waals surface area contributed by atoms with Crippen LogP contribution in [0.5, 0.6) is 0 Å². The fourth-order valence-corrected chi connectivity index (χ4v) is 4.11. The van der Waals surface area contributed by atoms with Gasteiger partial charge in [-0.05, 0) is 36.6 Å². The lowest BCUT2D eigenvalue weighted by atomic mass is 9.96. The molecule has 30 heavy (non-hydrogen) atoms. The van der Waals surface area contributed by atoms with Crippen molar-refractivity contribution in [3.8, 4) is 11.1 Å². The van der Waals surface area contributed by atoms with E-state index < -0.39 is 12.1 Å². The second kappa shape index (κ2) is 6.25. The number of hydrogen-bond acceptors (Lipinski definition) is 5. The van der Waals surface area contributed by atoms with Crippen LogP contribution in [-0.2, 0) is 0 Å². The first-order valence-electron chi connectivity index (χ1n) is 9.58. The van der Waals surface area contributed by atoms with Crippen LogP contribution in [0.25, 0.3) is 27.7 Å². The molecule has 1 fully saturated rings. The number of benzene rings is 1. The zero-order valence-electron chi connectivity index (χ0n) is 16.7. The van der Waals surface area contributed by atoms with Crippen molar-refractivity contribution < 1.29 is 13.6 Å². The summed E-state index contributed by atoms with van der Waals surface area (Å²) in [5.41, 5.74) is 9.42. The first kappa shape index (κ1) is 18.5. The SMILES string of the molecule is Cc1c(F)c(N(C)C)c2[nH]ncc2c1-c1ccc2nc(N)c(C(=O)[C@@H]3C[C@@H]3F)n2c1. The van der Waals surface area contributed by atoms with Crippen LogP contribution in [0.3, 0.4) is 0 Å². The standard InChI is InChI=1S/C21H20F2N6O/c1-9-15(12-7-25-27-17(12)18(16(9)23)28(2)3)10-4-5-14-26-21(24)19(29(14)8-10)20(30)11-6-13(11)22/h4-5,7-8,11,13H,6,24H2,1-3H3,(H,25,27)/t11-,13+/m1/s1. The third-order valence-corrected chi connectivity index (χ3v) is 5.72. The summed E-state index contributed by atoms with van der Waals surface area (Å²) in [6, 6.07) is 3.51. The molecule has 1 saturated carbocycles. The van der Waals surface area contributed by atoms with Gasteiger partial charge in [0.2, 0.25) is 0 Å². The molecule has 3 heterocycles. The zero-order chi connectivity index (χ0) is 21.3. The van der Waals surface area contributed by atoms with Crippen molar-refractivity contribution in [2.24, 2.45) is 5.92 Å². The fraction of sp³-hybridized carbons (Fsp3) is 0.286. The van der Waals surface area contributed by atoms with E-state index in [-0.39, 0.29) is 29.5 Å². The highest BCUT2D eigenvalue weighted by Gasteiger charge is 2.45. The molecule has 0 bridgehead atoms. The maximum atomic E-state index is 15.3. The molecule has 0 amide bonds. The number of carbonyl (C=O) groups excluding carboxylic acids is 1. The number of carbonyl (C=O) groups is 1. The average molecular weight is 410 g/mol. The minimum atomic E-state index is -1.13. The molecular weight excluding hydrogens is 390 g/mol. The predicted molar refractivity (Wildman–Crippen MR) is 111 cm³/mol. The van der Waals surface area contributed by atoms with Gasteiger partial charge in [-0.2, -0.15) is 5.10 Å². The quantitative estimate of drug-likeness (QED) is 0.502. The Hall–Kier alpha value is -3.49. The van der Waals surface area contributed by atoms with Gasteiger partial charge in [0.05, 0.1) is 23.3 Å². The first-order chi connectivity index (χ1) is 14.3. The van der Waals surface area contributed by atoms with Gasteiger partial charge in [0.25, 0.3) is 0 Å². The van der Waals surface area contributed by atoms with E-state index in [1.807, 2.05) is 0 Å². The van der Waals surface area contributed by atoms with Gasteiger partial charge in [-0.25, -0.2) is 13.8 Å². The molecule has 2 atom stereocenters. The molecule has 0 spiro atoms. The summed E-state index contributed by atoms with van der Waals surface area (Å²) in [7, 11) is 3.54. The van der Waals surface area contributed by atoms with E-state index in [0.717, 1.165) is 5.39 Å². The molecule has 3 N–H and O–H groups in total. The number of hydrogen-bond donors (Lipinski definition) is 2. The molecule has 1 aliphatic rings. The van der Waals surface area contributed by atoms with E-state index in [1.165, 1.54) is 0 Å². The van der Waals surface area contributed by atoms with Crippen molar-refractivity contribution in [2.75, 3.05) is 24.7 Å². The third-order valence-electron chi connectivity index (χ3n) is 5.72. The third kappa shape index (κ3) is 2.51. The number of nitrogens with two attached hydrogens (primary N) is 1. The lowest BCUT2D eigenvalue weighted by Gasteiger charge is -2.19. The van der Waals surface area contributed by atoms with E-state index >= 15 is 4.39 Å². The van der Waals surface area contributed by atoms with Crippen LogP contribution in [0.4, 0.5) is 20.3 Å². The number of nitrogen functional groups attached to an aromatic ring is 1. The lowest BCUT2D eigenvalue weighted by Crippen LogP contribution is -2.13. The number of alkyl halides is 1. The summed E-state index contributed by atoms with van der Waals surface area (Å²) < 4.78 is 30.3. The highest BCUT2D eigenvalue weighted by atomic mass is 19.1. The minimum absolute atomic E-state index is 0.0653. The molecule has 0 unspecified atom stereocenters. The lowest BCUT2D eigenvalue weighted by molar-refractivity contribution is 0.0952. The normalized spacial score (nSPS) is 18.3. The Morgan fingerprint density at radius 1 is 1.37 bits per heavy atom. The van der Waals surface area contributed by atoms with Crippen molar-refractivity contribution >= 4 is 33.8 Å². The summed E-state index contributed by atoms with van der Waals surface area (Å²) in [4.78, 5) is 18.6. The van der Waals surface area contributed by atoms with Crippen molar-refractivity contribution in [2.45, 2.75) is 19.5 Å². The molecule has 4 aromatic rings. The number of fused-ring (bicyclic) bond motifs is 2. The van der Waals surface area contributed by atoms with Crippen LogP contribution < -0.4 is 10.6 Å². The van der Waals surface area contributed by atoms with E-state index in [0.29, 0.717) is 33.5 Å². The Labute approximate surface area is 170 Å². The number of aromatic amines is 1. The second-order valence-corrected chi connectivity index (χ2v) is 7.93. The van der Waals surface area contributed by atoms with Crippen LogP contribution in [0.1, 0.15) is 22.5 Å². The number of H-pyrrole nitrogens is 1. The molecule has 0 aliphatic heterocycles. The van der Waals surface area contributed by atoms with Crippen LogP contribution in [-0.4, -0.2) is 45.6 Å². The topological polar surface area (TPSA) is 92.3 Å². The van der Waals surface area contributed by atoms with E-state index in [2.05, 4.69) is 15.2 Å². The van der Waals surface area contributed by atoms with Gasteiger partial charge in [0.1, 0.15) is 17.5 Å². The monoisotopic (exact) mass is 410 g/mol. The summed E-state index contributed by atoms with van der Waals surface area (Å²) in [6.45, 7) is 1.71. The Morgan fingerprint density at radius 2 is 2.10 bits per heavy atom. The zero-order valence-corrected chi connectivity index (χ0v) is 16.7. The van der Waals surface area contributed by atoms with Gasteiger partial charge in [-0.1, -0.05) is 0 Å². The number of anilines is 2. The molecule has 1 aromatic carbocycles. The number of aromatic nitrogens is 4. The number of nitrogens with zero attached hydrogens (tertiary/aromatic N) is 4. The Balaban J connectivity index is 1.76. The number of ketones is 1. The molecule has 0 saturated heterocycles. The number of nitrogens with one attached hydrogen (secondary N) is 1. The predicted octanol–water partition coefficient (Wildman–Crippen LogP) is 3.51. The van der Waals surface area contributed by atoms with Crippen molar-refractivity contribution in [1.82, 2.24) is 19.6 Å². The number of halogens is 2. The highest BCUT2D eigenvalue weighted by Crippen LogP contribution is 2.40. The van der Waals surface area contributed by atoms with Gasteiger partial charge < -0.3 is 10.6 Å². The van der Waals surface area contributed by atoms with Gasteiger partial charge in [0.15, 0.2) is 17.4 Å². The number of rotatable bonds is 4. The Morgan fingerprint density at radius 3 is 2.77 bits per heavy atom. The van der Waals surface area contributed by atoms with Crippen LogP contribution in [0.15, 0.2) is 24.5 Å². The highest BCUT2D eigenvalue weighted by molar-refractivity contribution is 6.04. The second-order valence-electron chi connectivity index (χ2n) is 7.93. The molecule has 1 aliphatic carbocycles. The smallest absolute Gasteiger partial charge is 0.189 e. The van der Waals surface area contributed by atoms with Gasteiger partial charge in [0, 0.05) is 31.2 Å². The first-order valence-corrected chi connectivity index (χ1v) is 9.58. The Bertz CT molecular complexity index is 1340. The molecule has 0 radical (unpaired) electrons.